The Balaban J connectivity index is 2.06. The lowest BCUT2D eigenvalue weighted by atomic mass is 10.0. The summed E-state index contributed by atoms with van der Waals surface area (Å²) in [6.45, 7) is 3.45. The second-order valence-corrected chi connectivity index (χ2v) is 9.63. The summed E-state index contributed by atoms with van der Waals surface area (Å²) in [5.41, 5.74) is 7.22. The fourth-order valence-corrected chi connectivity index (χ4v) is 3.85. The van der Waals surface area contributed by atoms with Crippen LogP contribution in [0.2, 0.25) is 0 Å². The molecule has 8 N–H and O–H groups in total. The minimum absolute atomic E-state index is 0.000457. The van der Waals surface area contributed by atoms with Crippen LogP contribution in [-0.4, -0.2) is 84.9 Å². The van der Waals surface area contributed by atoms with E-state index in [1.54, 1.807) is 20.0 Å². The van der Waals surface area contributed by atoms with Crippen LogP contribution in [-0.2, 0) is 32.0 Å². The van der Waals surface area contributed by atoms with Gasteiger partial charge in [-0.15, -0.1) is 0 Å². The van der Waals surface area contributed by atoms with Gasteiger partial charge in [-0.3, -0.25) is 14.4 Å². The first kappa shape index (κ1) is 28.8. The van der Waals surface area contributed by atoms with E-state index in [0.29, 0.717) is 23.6 Å². The molecule has 0 aliphatic heterocycles. The van der Waals surface area contributed by atoms with E-state index in [0.717, 1.165) is 0 Å². The Bertz CT molecular complexity index is 983. The number of aliphatic carboxylic acids is 1. The Morgan fingerprint density at radius 1 is 0.944 bits per heavy atom. The standard InChI is InChI=1S/C22H34N8O5S/c1-12(2)18(21(33)29-17(22(34)35)7-14-9-25-11-27-14)30-20(32)16(4-5-36-3)28-19(31)15(23)6-13-8-24-10-26-13/h8-12,15-18H,4-7,23H2,1-3H3,(H,24,26)(H,25,27)(H,28,31)(H,29,33)(H,30,32)(H,34,35). The smallest absolute Gasteiger partial charge is 0.326 e. The molecule has 36 heavy (non-hydrogen) atoms. The summed E-state index contributed by atoms with van der Waals surface area (Å²) >= 11 is 1.50. The van der Waals surface area contributed by atoms with Crippen LogP contribution >= 0.6 is 11.8 Å². The van der Waals surface area contributed by atoms with E-state index in [1.807, 2.05) is 6.26 Å². The first-order chi connectivity index (χ1) is 17.1. The molecule has 0 bridgehead atoms. The van der Waals surface area contributed by atoms with Crippen LogP contribution in [0.15, 0.2) is 25.0 Å². The molecule has 0 saturated heterocycles. The molecule has 14 heteroatoms. The Morgan fingerprint density at radius 2 is 1.53 bits per heavy atom. The molecule has 4 unspecified atom stereocenters. The number of carboxylic acid groups (broad SMARTS) is 1. The maximum atomic E-state index is 13.1. The Hall–Kier alpha value is -3.39. The van der Waals surface area contributed by atoms with Crippen LogP contribution in [0.5, 0.6) is 0 Å². The van der Waals surface area contributed by atoms with Gasteiger partial charge in [-0.2, -0.15) is 11.8 Å². The van der Waals surface area contributed by atoms with Crippen molar-refractivity contribution in [3.8, 4) is 0 Å². The molecule has 0 aliphatic carbocycles. The highest BCUT2D eigenvalue weighted by Gasteiger charge is 2.32. The summed E-state index contributed by atoms with van der Waals surface area (Å²) in [4.78, 5) is 63.9. The van der Waals surface area contributed by atoms with Gasteiger partial charge in [-0.05, 0) is 24.3 Å². The molecule has 0 fully saturated rings. The number of nitrogens with two attached hydrogens (primary N) is 1. The molecule has 13 nitrogen and oxygen atoms in total. The fraction of sp³-hybridized carbons (Fsp3) is 0.545. The summed E-state index contributed by atoms with van der Waals surface area (Å²) in [6, 6.07) is -4.07. The van der Waals surface area contributed by atoms with E-state index in [4.69, 9.17) is 5.73 Å². The molecule has 2 rings (SSSR count). The number of hydrogen-bond acceptors (Lipinski definition) is 8. The third kappa shape index (κ3) is 9.00. The minimum Gasteiger partial charge on any atom is -0.480 e. The van der Waals surface area contributed by atoms with Crippen molar-refractivity contribution >= 4 is 35.5 Å². The lowest BCUT2D eigenvalue weighted by molar-refractivity contribution is -0.142. The van der Waals surface area contributed by atoms with Gasteiger partial charge in [0.1, 0.15) is 18.1 Å². The Labute approximate surface area is 213 Å². The lowest BCUT2D eigenvalue weighted by Gasteiger charge is -2.27. The molecule has 2 heterocycles. The van der Waals surface area contributed by atoms with Gasteiger partial charge in [-0.1, -0.05) is 13.8 Å². The van der Waals surface area contributed by atoms with Crippen LogP contribution in [0.4, 0.5) is 0 Å². The summed E-state index contributed by atoms with van der Waals surface area (Å²) in [5.74, 6) is -2.70. The first-order valence-corrected chi connectivity index (χ1v) is 12.8. The lowest BCUT2D eigenvalue weighted by Crippen LogP contribution is -2.58. The van der Waals surface area contributed by atoms with Crippen LogP contribution in [0.1, 0.15) is 31.7 Å². The number of amides is 3. The molecule has 2 aromatic heterocycles. The minimum atomic E-state index is -1.22. The SMILES string of the molecule is CSCCC(NC(=O)C(N)Cc1cnc[nH]1)C(=O)NC(C(=O)NC(Cc1cnc[nH]1)C(=O)O)C(C)C. The van der Waals surface area contributed by atoms with Crippen molar-refractivity contribution in [3.05, 3.63) is 36.4 Å². The number of nitrogens with zero attached hydrogens (tertiary/aromatic N) is 2. The maximum absolute atomic E-state index is 13.1. The van der Waals surface area contributed by atoms with E-state index >= 15 is 0 Å². The normalized spacial score (nSPS) is 14.5. The van der Waals surface area contributed by atoms with Gasteiger partial charge in [0.05, 0.1) is 18.7 Å². The summed E-state index contributed by atoms with van der Waals surface area (Å²) < 4.78 is 0. The average Bonchev–Trinajstić information content (AvgIpc) is 3.53. The highest BCUT2D eigenvalue weighted by Crippen LogP contribution is 2.08. The third-order valence-corrected chi connectivity index (χ3v) is 6.06. The predicted molar refractivity (Wildman–Crippen MR) is 134 cm³/mol. The molecule has 0 aromatic carbocycles. The van der Waals surface area contributed by atoms with Gasteiger partial charge in [0, 0.05) is 36.6 Å². The molecular weight excluding hydrogens is 488 g/mol. The number of carbonyl (C=O) groups excluding carboxylic acids is 3. The van der Waals surface area contributed by atoms with E-state index < -0.39 is 47.9 Å². The zero-order valence-electron chi connectivity index (χ0n) is 20.5. The van der Waals surface area contributed by atoms with Crippen molar-refractivity contribution in [3.63, 3.8) is 0 Å². The summed E-state index contributed by atoms with van der Waals surface area (Å²) in [6.07, 6.45) is 8.34. The van der Waals surface area contributed by atoms with Crippen LogP contribution in [0.25, 0.3) is 0 Å². The van der Waals surface area contributed by atoms with Crippen molar-refractivity contribution in [2.24, 2.45) is 11.7 Å². The van der Waals surface area contributed by atoms with Crippen LogP contribution in [0, 0.1) is 5.92 Å². The fourth-order valence-electron chi connectivity index (χ4n) is 3.38. The number of thioether (sulfide) groups is 1. The molecule has 0 saturated carbocycles. The Kier molecular flexibility index (Phi) is 11.4. The molecule has 198 valence electrons. The largest absolute Gasteiger partial charge is 0.480 e. The number of H-pyrrole nitrogens is 2. The number of carboxylic acids is 1. The van der Waals surface area contributed by atoms with E-state index in [-0.39, 0.29) is 18.8 Å². The molecule has 3 amide bonds. The van der Waals surface area contributed by atoms with Gasteiger partial charge in [0.2, 0.25) is 17.7 Å². The molecule has 0 spiro atoms. The second kappa shape index (κ2) is 14.2. The monoisotopic (exact) mass is 522 g/mol. The molecule has 0 radical (unpaired) electrons. The maximum Gasteiger partial charge on any atom is 0.326 e. The zero-order chi connectivity index (χ0) is 26.7. The number of aromatic amines is 2. The number of rotatable bonds is 15. The topological polar surface area (TPSA) is 208 Å². The van der Waals surface area contributed by atoms with Gasteiger partial charge in [0.25, 0.3) is 0 Å². The van der Waals surface area contributed by atoms with Gasteiger partial charge in [0.15, 0.2) is 0 Å². The van der Waals surface area contributed by atoms with E-state index in [9.17, 15) is 24.3 Å². The van der Waals surface area contributed by atoms with E-state index in [2.05, 4.69) is 35.9 Å². The Morgan fingerprint density at radius 3 is 2.03 bits per heavy atom. The van der Waals surface area contributed by atoms with Gasteiger partial charge in [-0.25, -0.2) is 14.8 Å². The molecule has 4 atom stereocenters. The van der Waals surface area contributed by atoms with Crippen LogP contribution in [0.3, 0.4) is 0 Å². The number of aromatic nitrogens is 4. The average molecular weight is 523 g/mol. The predicted octanol–water partition coefficient (Wildman–Crippen LogP) is -0.807. The van der Waals surface area contributed by atoms with Crippen molar-refractivity contribution in [1.29, 1.82) is 0 Å². The highest BCUT2D eigenvalue weighted by atomic mass is 32.2. The zero-order valence-corrected chi connectivity index (χ0v) is 21.3. The summed E-state index contributed by atoms with van der Waals surface area (Å²) in [5, 5.41) is 17.4. The van der Waals surface area contributed by atoms with Crippen molar-refractivity contribution < 1.29 is 24.3 Å². The van der Waals surface area contributed by atoms with Crippen molar-refractivity contribution in [2.45, 2.75) is 57.3 Å². The van der Waals surface area contributed by atoms with Crippen molar-refractivity contribution in [2.75, 3.05) is 12.0 Å². The molecule has 0 aliphatic rings. The quantitative estimate of drug-likeness (QED) is 0.156. The first-order valence-electron chi connectivity index (χ1n) is 11.4. The van der Waals surface area contributed by atoms with Crippen LogP contribution < -0.4 is 21.7 Å². The second-order valence-electron chi connectivity index (χ2n) is 8.64. The number of carbonyl (C=O) groups is 4. The number of nitrogens with one attached hydrogen (secondary N) is 5. The van der Waals surface area contributed by atoms with Gasteiger partial charge < -0.3 is 36.8 Å². The summed E-state index contributed by atoms with van der Waals surface area (Å²) in [7, 11) is 0. The van der Waals surface area contributed by atoms with Crippen molar-refractivity contribution in [1.82, 2.24) is 35.9 Å². The molecule has 2 aromatic rings. The number of hydrogen-bond donors (Lipinski definition) is 7. The molecular formula is C22H34N8O5S. The van der Waals surface area contributed by atoms with Gasteiger partial charge >= 0.3 is 5.97 Å². The van der Waals surface area contributed by atoms with E-state index in [1.165, 1.54) is 30.6 Å². The highest BCUT2D eigenvalue weighted by molar-refractivity contribution is 7.98. The third-order valence-electron chi connectivity index (χ3n) is 5.42. The number of imidazole rings is 2.